The maximum absolute atomic E-state index is 11.4. The molecule has 2 rings (SSSR count). The number of hydrogen-bond donors (Lipinski definition) is 1. The van der Waals surface area contributed by atoms with Crippen molar-refractivity contribution in [2.45, 2.75) is 19.8 Å². The molecule has 0 saturated carbocycles. The first-order chi connectivity index (χ1) is 7.20. The second kappa shape index (κ2) is 4.19. The fourth-order valence-electron chi connectivity index (χ4n) is 1.77. The van der Waals surface area contributed by atoms with Crippen molar-refractivity contribution in [3.63, 3.8) is 0 Å². The van der Waals surface area contributed by atoms with Crippen LogP contribution in [0.2, 0.25) is 0 Å². The van der Waals surface area contributed by atoms with Crippen LogP contribution in [0, 0.1) is 0 Å². The minimum Gasteiger partial charge on any atom is -0.322 e. The Kier molecular flexibility index (Phi) is 2.91. The Morgan fingerprint density at radius 1 is 1.33 bits per heavy atom. The topological polar surface area (TPSA) is 32.9 Å². The summed E-state index contributed by atoms with van der Waals surface area (Å²) in [5.41, 5.74) is 2.01. The van der Waals surface area contributed by atoms with Gasteiger partial charge in [0.2, 0.25) is 5.56 Å². The fraction of sp³-hybridized carbons (Fsp3) is 0.250. The molecule has 1 aromatic heterocycles. The van der Waals surface area contributed by atoms with Crippen molar-refractivity contribution in [1.29, 1.82) is 0 Å². The molecule has 0 bridgehead atoms. The van der Waals surface area contributed by atoms with Crippen molar-refractivity contribution in [3.05, 3.63) is 44.7 Å². The van der Waals surface area contributed by atoms with Crippen LogP contribution in [-0.4, -0.2) is 4.98 Å². The second-order valence-corrected chi connectivity index (χ2v) is 4.51. The summed E-state index contributed by atoms with van der Waals surface area (Å²) in [6.45, 7) is 2.12. The lowest BCUT2D eigenvalue weighted by molar-refractivity contribution is 0.925. The summed E-state index contributed by atoms with van der Waals surface area (Å²) in [5.74, 6) is 0. The Morgan fingerprint density at radius 3 is 2.87 bits per heavy atom. The quantitative estimate of drug-likeness (QED) is 0.889. The molecule has 0 spiro atoms. The third-order valence-electron chi connectivity index (χ3n) is 2.41. The fourth-order valence-corrected chi connectivity index (χ4v) is 2.13. The lowest BCUT2D eigenvalue weighted by atomic mass is 10.1. The summed E-state index contributed by atoms with van der Waals surface area (Å²) in [6, 6.07) is 7.61. The number of fused-ring (bicyclic) bond motifs is 1. The van der Waals surface area contributed by atoms with Gasteiger partial charge < -0.3 is 4.98 Å². The minimum atomic E-state index is -0.0201. The number of pyridine rings is 1. The molecule has 78 valence electrons. The largest absolute Gasteiger partial charge is 0.322 e. The van der Waals surface area contributed by atoms with Crippen LogP contribution in [0.3, 0.4) is 0 Å². The van der Waals surface area contributed by atoms with Crippen molar-refractivity contribution in [2.24, 2.45) is 0 Å². The Bertz CT molecular complexity index is 545. The van der Waals surface area contributed by atoms with Gasteiger partial charge in [-0.25, -0.2) is 0 Å². The van der Waals surface area contributed by atoms with E-state index in [0.717, 1.165) is 33.8 Å². The van der Waals surface area contributed by atoms with Gasteiger partial charge in [-0.05, 0) is 30.2 Å². The third-order valence-corrected chi connectivity index (χ3v) is 2.90. The van der Waals surface area contributed by atoms with Gasteiger partial charge in [0.05, 0.1) is 0 Å². The molecule has 2 nitrogen and oxygen atoms in total. The zero-order chi connectivity index (χ0) is 10.8. The van der Waals surface area contributed by atoms with Crippen LogP contribution in [0.25, 0.3) is 10.9 Å². The van der Waals surface area contributed by atoms with Gasteiger partial charge in [0.25, 0.3) is 0 Å². The van der Waals surface area contributed by atoms with Gasteiger partial charge in [0, 0.05) is 21.4 Å². The van der Waals surface area contributed by atoms with Crippen molar-refractivity contribution in [2.75, 3.05) is 0 Å². The highest BCUT2D eigenvalue weighted by Crippen LogP contribution is 2.21. The molecular weight excluding hydrogens is 254 g/mol. The van der Waals surface area contributed by atoms with Gasteiger partial charge in [0.15, 0.2) is 0 Å². The van der Waals surface area contributed by atoms with Crippen LogP contribution in [0.4, 0.5) is 0 Å². The Labute approximate surface area is 96.5 Å². The van der Waals surface area contributed by atoms with E-state index in [1.54, 1.807) is 6.07 Å². The van der Waals surface area contributed by atoms with Crippen molar-refractivity contribution in [1.82, 2.24) is 4.98 Å². The summed E-state index contributed by atoms with van der Waals surface area (Å²) in [6.07, 6.45) is 1.99. The molecule has 0 amide bonds. The molecule has 1 heterocycles. The monoisotopic (exact) mass is 265 g/mol. The minimum absolute atomic E-state index is 0.0201. The Hall–Kier alpha value is -1.09. The maximum Gasteiger partial charge on any atom is 0.248 e. The molecule has 0 atom stereocenters. The van der Waals surface area contributed by atoms with E-state index in [9.17, 15) is 4.79 Å². The number of halogens is 1. The number of aromatic amines is 1. The Morgan fingerprint density at radius 2 is 2.13 bits per heavy atom. The second-order valence-electron chi connectivity index (χ2n) is 3.60. The zero-order valence-corrected chi connectivity index (χ0v) is 10.1. The molecule has 3 heteroatoms. The highest BCUT2D eigenvalue weighted by molar-refractivity contribution is 9.10. The van der Waals surface area contributed by atoms with E-state index in [2.05, 4.69) is 33.9 Å². The number of aromatic nitrogens is 1. The van der Waals surface area contributed by atoms with Crippen molar-refractivity contribution < 1.29 is 0 Å². The van der Waals surface area contributed by atoms with E-state index in [-0.39, 0.29) is 5.56 Å². The zero-order valence-electron chi connectivity index (χ0n) is 8.51. The highest BCUT2D eigenvalue weighted by atomic mass is 79.9. The first-order valence-corrected chi connectivity index (χ1v) is 5.81. The first-order valence-electron chi connectivity index (χ1n) is 5.02. The highest BCUT2D eigenvalue weighted by Gasteiger charge is 2.02. The molecule has 0 aliphatic rings. The lowest BCUT2D eigenvalue weighted by Crippen LogP contribution is -2.06. The summed E-state index contributed by atoms with van der Waals surface area (Å²) < 4.78 is 1.04. The number of benzene rings is 1. The van der Waals surface area contributed by atoms with E-state index >= 15 is 0 Å². The average Bonchev–Trinajstić information content (AvgIpc) is 2.19. The molecule has 15 heavy (non-hydrogen) atoms. The normalized spacial score (nSPS) is 10.8. The van der Waals surface area contributed by atoms with Crippen molar-refractivity contribution in [3.8, 4) is 0 Å². The maximum atomic E-state index is 11.4. The molecule has 0 radical (unpaired) electrons. The molecule has 0 aliphatic carbocycles. The standard InChI is InChI=1S/C12H12BrNO/c1-2-3-8-6-12(15)14-11-5-4-9(13)7-10(8)11/h4-7H,2-3H2,1H3,(H,14,15). The molecule has 0 aliphatic heterocycles. The van der Waals surface area contributed by atoms with Crippen molar-refractivity contribution >= 4 is 26.8 Å². The SMILES string of the molecule is CCCc1cc(=O)[nH]c2ccc(Br)cc12. The van der Waals surface area contributed by atoms with Crippen LogP contribution in [0.1, 0.15) is 18.9 Å². The summed E-state index contributed by atoms with van der Waals surface area (Å²) in [7, 11) is 0. The van der Waals surface area contributed by atoms with Crippen LogP contribution < -0.4 is 5.56 Å². The molecule has 2 aromatic rings. The van der Waals surface area contributed by atoms with E-state index in [4.69, 9.17) is 0 Å². The molecule has 1 N–H and O–H groups in total. The number of H-pyrrole nitrogens is 1. The average molecular weight is 266 g/mol. The molecule has 0 fully saturated rings. The first kappa shape index (κ1) is 10.4. The van der Waals surface area contributed by atoms with Gasteiger partial charge in [-0.1, -0.05) is 29.3 Å². The van der Waals surface area contributed by atoms with Crippen LogP contribution in [-0.2, 0) is 6.42 Å². The number of aryl methyl sites for hydroxylation is 1. The Balaban J connectivity index is 2.75. The molecular formula is C12H12BrNO. The summed E-state index contributed by atoms with van der Waals surface area (Å²) in [4.78, 5) is 14.2. The third kappa shape index (κ3) is 2.12. The van der Waals surface area contributed by atoms with E-state index < -0.39 is 0 Å². The summed E-state index contributed by atoms with van der Waals surface area (Å²) in [5, 5.41) is 1.13. The van der Waals surface area contributed by atoms with E-state index in [0.29, 0.717) is 0 Å². The molecule has 0 saturated heterocycles. The molecule has 0 unspecified atom stereocenters. The lowest BCUT2D eigenvalue weighted by Gasteiger charge is -2.05. The van der Waals surface area contributed by atoms with Gasteiger partial charge in [-0.3, -0.25) is 4.79 Å². The van der Waals surface area contributed by atoms with Gasteiger partial charge in [0.1, 0.15) is 0 Å². The van der Waals surface area contributed by atoms with Gasteiger partial charge in [-0.15, -0.1) is 0 Å². The van der Waals surface area contributed by atoms with Gasteiger partial charge >= 0.3 is 0 Å². The molecule has 1 aromatic carbocycles. The number of rotatable bonds is 2. The van der Waals surface area contributed by atoms with Crippen LogP contribution in [0.15, 0.2) is 33.5 Å². The number of hydrogen-bond acceptors (Lipinski definition) is 1. The van der Waals surface area contributed by atoms with Crippen LogP contribution in [0.5, 0.6) is 0 Å². The van der Waals surface area contributed by atoms with Gasteiger partial charge in [-0.2, -0.15) is 0 Å². The predicted octanol–water partition coefficient (Wildman–Crippen LogP) is 3.24. The number of nitrogens with one attached hydrogen (secondary N) is 1. The summed E-state index contributed by atoms with van der Waals surface area (Å²) >= 11 is 3.44. The van der Waals surface area contributed by atoms with Crippen LogP contribution >= 0.6 is 15.9 Å². The van der Waals surface area contributed by atoms with E-state index in [1.807, 2.05) is 12.1 Å². The van der Waals surface area contributed by atoms with E-state index in [1.165, 1.54) is 0 Å². The smallest absolute Gasteiger partial charge is 0.248 e. The predicted molar refractivity (Wildman–Crippen MR) is 66.3 cm³/mol.